The van der Waals surface area contributed by atoms with Gasteiger partial charge in [0.1, 0.15) is 11.3 Å². The van der Waals surface area contributed by atoms with E-state index in [4.69, 9.17) is 9.15 Å². The van der Waals surface area contributed by atoms with Crippen molar-refractivity contribution in [3.8, 4) is 5.75 Å². The fraction of sp³-hybridized carbons (Fsp3) is 0.526. The van der Waals surface area contributed by atoms with Crippen LogP contribution >= 0.6 is 12.4 Å². The Morgan fingerprint density at radius 2 is 2.00 bits per heavy atom. The van der Waals surface area contributed by atoms with Crippen molar-refractivity contribution < 1.29 is 13.9 Å². The highest BCUT2D eigenvalue weighted by Gasteiger charge is 2.23. The molecule has 1 amide bonds. The standard InChI is InChI=1S/C19H28N2O3.ClH/c1-7-23-14-8-9-16-15(10-14)13(2)17(24-16)18(22)20-11-19(3,4)12-21(5)6;/h8-10H,7,11-12H2,1-6H3,(H,20,22);1H. The zero-order chi connectivity index (χ0) is 17.9. The van der Waals surface area contributed by atoms with E-state index in [1.54, 1.807) is 0 Å². The second-order valence-electron chi connectivity index (χ2n) is 7.23. The van der Waals surface area contributed by atoms with Gasteiger partial charge >= 0.3 is 0 Å². The second kappa shape index (κ2) is 8.59. The molecule has 0 spiro atoms. The Bertz CT molecular complexity index is 723. The third kappa shape index (κ3) is 5.38. The molecule has 5 nitrogen and oxygen atoms in total. The van der Waals surface area contributed by atoms with Crippen LogP contribution < -0.4 is 10.1 Å². The number of aryl methyl sites for hydroxylation is 1. The number of amides is 1. The highest BCUT2D eigenvalue weighted by atomic mass is 35.5. The molecule has 0 fully saturated rings. The monoisotopic (exact) mass is 368 g/mol. The van der Waals surface area contributed by atoms with Gasteiger partial charge in [0.2, 0.25) is 0 Å². The molecular formula is C19H29ClN2O3. The summed E-state index contributed by atoms with van der Waals surface area (Å²) < 4.78 is 11.3. The Morgan fingerprint density at radius 3 is 2.60 bits per heavy atom. The first kappa shape index (κ1) is 21.3. The van der Waals surface area contributed by atoms with Gasteiger partial charge in [-0.3, -0.25) is 4.79 Å². The van der Waals surface area contributed by atoms with Gasteiger partial charge in [-0.15, -0.1) is 12.4 Å². The molecule has 25 heavy (non-hydrogen) atoms. The molecule has 140 valence electrons. The molecule has 0 bridgehead atoms. The van der Waals surface area contributed by atoms with Crippen molar-refractivity contribution in [2.45, 2.75) is 27.7 Å². The topological polar surface area (TPSA) is 54.7 Å². The maximum atomic E-state index is 12.5. The zero-order valence-corrected chi connectivity index (χ0v) is 16.8. The number of furan rings is 1. The van der Waals surface area contributed by atoms with Crippen molar-refractivity contribution in [3.63, 3.8) is 0 Å². The molecule has 0 atom stereocenters. The van der Waals surface area contributed by atoms with Crippen LogP contribution in [0.2, 0.25) is 0 Å². The molecule has 0 aliphatic rings. The number of fused-ring (bicyclic) bond motifs is 1. The van der Waals surface area contributed by atoms with Gasteiger partial charge in [-0.2, -0.15) is 0 Å². The molecular weight excluding hydrogens is 340 g/mol. The van der Waals surface area contributed by atoms with Crippen LogP contribution in [0.25, 0.3) is 11.0 Å². The summed E-state index contributed by atoms with van der Waals surface area (Å²) >= 11 is 0. The molecule has 1 heterocycles. The van der Waals surface area contributed by atoms with E-state index in [-0.39, 0.29) is 23.7 Å². The van der Waals surface area contributed by atoms with E-state index in [9.17, 15) is 4.79 Å². The first-order valence-corrected chi connectivity index (χ1v) is 8.32. The summed E-state index contributed by atoms with van der Waals surface area (Å²) in [5, 5.41) is 3.91. The largest absolute Gasteiger partial charge is 0.494 e. The lowest BCUT2D eigenvalue weighted by Gasteiger charge is -2.28. The van der Waals surface area contributed by atoms with Crippen molar-refractivity contribution in [1.29, 1.82) is 0 Å². The number of halogens is 1. The summed E-state index contributed by atoms with van der Waals surface area (Å²) in [5.74, 6) is 0.987. The van der Waals surface area contributed by atoms with Gasteiger partial charge in [0.05, 0.1) is 6.61 Å². The van der Waals surface area contributed by atoms with E-state index in [0.29, 0.717) is 24.5 Å². The van der Waals surface area contributed by atoms with Crippen molar-refractivity contribution in [2.24, 2.45) is 5.41 Å². The lowest BCUT2D eigenvalue weighted by atomic mass is 9.93. The number of hydrogen-bond acceptors (Lipinski definition) is 4. The maximum Gasteiger partial charge on any atom is 0.287 e. The van der Waals surface area contributed by atoms with Crippen LogP contribution in [0.1, 0.15) is 36.9 Å². The molecule has 1 N–H and O–H groups in total. The number of ether oxygens (including phenoxy) is 1. The molecule has 1 aromatic carbocycles. The fourth-order valence-electron chi connectivity index (χ4n) is 2.98. The molecule has 0 radical (unpaired) electrons. The smallest absolute Gasteiger partial charge is 0.287 e. The summed E-state index contributed by atoms with van der Waals surface area (Å²) in [6.45, 7) is 10.2. The third-order valence-corrected chi connectivity index (χ3v) is 3.90. The number of rotatable bonds is 7. The lowest BCUT2D eigenvalue weighted by molar-refractivity contribution is 0.0902. The second-order valence-corrected chi connectivity index (χ2v) is 7.23. The number of benzene rings is 1. The van der Waals surface area contributed by atoms with E-state index < -0.39 is 0 Å². The Labute approximate surface area is 156 Å². The van der Waals surface area contributed by atoms with Gasteiger partial charge in [0.15, 0.2) is 5.76 Å². The van der Waals surface area contributed by atoms with E-state index >= 15 is 0 Å². The number of nitrogens with zero attached hydrogens (tertiary/aromatic N) is 1. The lowest BCUT2D eigenvalue weighted by Crippen LogP contribution is -2.40. The average Bonchev–Trinajstić information content (AvgIpc) is 2.81. The van der Waals surface area contributed by atoms with Gasteiger partial charge in [-0.1, -0.05) is 13.8 Å². The van der Waals surface area contributed by atoms with Crippen molar-refractivity contribution in [2.75, 3.05) is 33.8 Å². The molecule has 2 rings (SSSR count). The predicted molar refractivity (Wildman–Crippen MR) is 104 cm³/mol. The highest BCUT2D eigenvalue weighted by Crippen LogP contribution is 2.29. The van der Waals surface area contributed by atoms with Crippen LogP contribution in [0.5, 0.6) is 5.75 Å². The van der Waals surface area contributed by atoms with Gasteiger partial charge < -0.3 is 19.4 Å². The summed E-state index contributed by atoms with van der Waals surface area (Å²) in [6, 6.07) is 5.63. The zero-order valence-electron chi connectivity index (χ0n) is 15.9. The first-order valence-electron chi connectivity index (χ1n) is 8.32. The molecule has 0 saturated heterocycles. The SMILES string of the molecule is CCOc1ccc2oc(C(=O)NCC(C)(C)CN(C)C)c(C)c2c1.Cl. The van der Waals surface area contributed by atoms with E-state index in [0.717, 1.165) is 23.2 Å². The van der Waals surface area contributed by atoms with Crippen LogP contribution in [-0.2, 0) is 0 Å². The Kier molecular flexibility index (Phi) is 7.32. The van der Waals surface area contributed by atoms with Crippen molar-refractivity contribution >= 4 is 29.3 Å². The summed E-state index contributed by atoms with van der Waals surface area (Å²) in [5.41, 5.74) is 1.53. The minimum absolute atomic E-state index is 0. The Balaban J connectivity index is 0.00000312. The van der Waals surface area contributed by atoms with Crippen LogP contribution in [0, 0.1) is 12.3 Å². The molecule has 1 aromatic heterocycles. The Hall–Kier alpha value is -1.72. The van der Waals surface area contributed by atoms with Gasteiger partial charge in [0, 0.05) is 24.0 Å². The molecule has 0 aliphatic carbocycles. The highest BCUT2D eigenvalue weighted by molar-refractivity contribution is 5.99. The van der Waals surface area contributed by atoms with Gasteiger partial charge in [0.25, 0.3) is 5.91 Å². The number of carbonyl (C=O) groups excluding carboxylic acids is 1. The van der Waals surface area contributed by atoms with E-state index in [1.165, 1.54) is 0 Å². The third-order valence-electron chi connectivity index (χ3n) is 3.90. The maximum absolute atomic E-state index is 12.5. The number of nitrogens with one attached hydrogen (secondary N) is 1. The summed E-state index contributed by atoms with van der Waals surface area (Å²) in [6.07, 6.45) is 0. The number of hydrogen-bond donors (Lipinski definition) is 1. The molecule has 0 aliphatic heterocycles. The molecule has 0 saturated carbocycles. The first-order chi connectivity index (χ1) is 11.2. The van der Waals surface area contributed by atoms with E-state index in [2.05, 4.69) is 24.1 Å². The van der Waals surface area contributed by atoms with Gasteiger partial charge in [-0.05, 0) is 51.6 Å². The van der Waals surface area contributed by atoms with Crippen LogP contribution in [0.3, 0.4) is 0 Å². The number of carbonyl (C=O) groups is 1. The predicted octanol–water partition coefficient (Wildman–Crippen LogP) is 3.88. The molecule has 2 aromatic rings. The molecule has 0 unspecified atom stereocenters. The minimum Gasteiger partial charge on any atom is -0.494 e. The fourth-order valence-corrected chi connectivity index (χ4v) is 2.98. The van der Waals surface area contributed by atoms with Crippen LogP contribution in [-0.4, -0.2) is 44.6 Å². The van der Waals surface area contributed by atoms with Crippen molar-refractivity contribution in [1.82, 2.24) is 10.2 Å². The minimum atomic E-state index is -0.173. The normalized spacial score (nSPS) is 11.5. The van der Waals surface area contributed by atoms with Crippen molar-refractivity contribution in [3.05, 3.63) is 29.5 Å². The van der Waals surface area contributed by atoms with Crippen LogP contribution in [0.4, 0.5) is 0 Å². The summed E-state index contributed by atoms with van der Waals surface area (Å²) in [7, 11) is 4.06. The quantitative estimate of drug-likeness (QED) is 0.805. The van der Waals surface area contributed by atoms with Gasteiger partial charge in [-0.25, -0.2) is 0 Å². The van der Waals surface area contributed by atoms with E-state index in [1.807, 2.05) is 46.1 Å². The Morgan fingerprint density at radius 1 is 1.32 bits per heavy atom. The molecule has 6 heteroatoms. The average molecular weight is 369 g/mol. The van der Waals surface area contributed by atoms with Crippen LogP contribution in [0.15, 0.2) is 22.6 Å². The summed E-state index contributed by atoms with van der Waals surface area (Å²) in [4.78, 5) is 14.6.